The zero-order valence-corrected chi connectivity index (χ0v) is 15.7. The van der Waals surface area contributed by atoms with Crippen LogP contribution < -0.4 is 0 Å². The minimum absolute atomic E-state index is 0.0622. The van der Waals surface area contributed by atoms with Crippen molar-refractivity contribution in [3.63, 3.8) is 0 Å². The Balaban J connectivity index is 1.42. The van der Waals surface area contributed by atoms with Crippen LogP contribution in [0, 0.1) is 13.8 Å². The van der Waals surface area contributed by atoms with Gasteiger partial charge < -0.3 is 14.7 Å². The van der Waals surface area contributed by atoms with E-state index in [1.807, 2.05) is 11.6 Å². The highest BCUT2D eigenvalue weighted by molar-refractivity contribution is 5.79. The topological polar surface area (TPSA) is 82.9 Å². The molecule has 0 unspecified atom stereocenters. The van der Waals surface area contributed by atoms with Crippen LogP contribution in [0.4, 0.5) is 0 Å². The molecule has 4 rings (SSSR count). The average molecular weight is 354 g/mol. The summed E-state index contributed by atoms with van der Waals surface area (Å²) in [5.74, 6) is 3.07. The van der Waals surface area contributed by atoms with Crippen LogP contribution in [0.15, 0.2) is 12.1 Å². The lowest BCUT2D eigenvalue weighted by molar-refractivity contribution is 0.196. The van der Waals surface area contributed by atoms with Gasteiger partial charge in [0.2, 0.25) is 0 Å². The van der Waals surface area contributed by atoms with Gasteiger partial charge in [0, 0.05) is 13.0 Å². The van der Waals surface area contributed by atoms with Gasteiger partial charge in [-0.15, -0.1) is 10.2 Å². The van der Waals surface area contributed by atoms with Crippen molar-refractivity contribution in [1.29, 1.82) is 0 Å². The van der Waals surface area contributed by atoms with Crippen molar-refractivity contribution in [2.75, 3.05) is 13.1 Å². The van der Waals surface area contributed by atoms with Gasteiger partial charge in [-0.1, -0.05) is 6.07 Å². The van der Waals surface area contributed by atoms with Crippen molar-refractivity contribution in [2.45, 2.75) is 45.8 Å². The summed E-state index contributed by atoms with van der Waals surface area (Å²) in [5, 5.41) is 17.6. The molecule has 1 saturated heterocycles. The number of aryl methyl sites for hydroxylation is 2. The van der Waals surface area contributed by atoms with E-state index in [1.165, 1.54) is 11.1 Å². The van der Waals surface area contributed by atoms with Crippen molar-refractivity contribution in [3.8, 4) is 0 Å². The summed E-state index contributed by atoms with van der Waals surface area (Å²) in [6, 6.07) is 4.26. The number of piperidine rings is 1. The molecule has 138 valence electrons. The van der Waals surface area contributed by atoms with Crippen LogP contribution in [-0.2, 0) is 20.2 Å². The first kappa shape index (κ1) is 17.2. The Labute approximate surface area is 153 Å². The highest BCUT2D eigenvalue weighted by Crippen LogP contribution is 2.28. The number of aliphatic hydroxyl groups is 1. The Hall–Kier alpha value is -2.25. The fraction of sp³-hybridized carbons (Fsp3) is 0.526. The van der Waals surface area contributed by atoms with Crippen molar-refractivity contribution < 1.29 is 5.11 Å². The van der Waals surface area contributed by atoms with E-state index in [0.717, 1.165) is 55.2 Å². The third kappa shape index (κ3) is 3.01. The number of fused-ring (bicyclic) bond motifs is 1. The van der Waals surface area contributed by atoms with E-state index in [1.54, 1.807) is 0 Å². The molecule has 2 aromatic heterocycles. The molecule has 3 heterocycles. The summed E-state index contributed by atoms with van der Waals surface area (Å²) < 4.78 is 1.94. The van der Waals surface area contributed by atoms with Crippen LogP contribution in [0.25, 0.3) is 11.0 Å². The monoisotopic (exact) mass is 354 g/mol. The summed E-state index contributed by atoms with van der Waals surface area (Å²) in [7, 11) is 1.94. The molecule has 0 spiro atoms. The van der Waals surface area contributed by atoms with Crippen LogP contribution in [0.3, 0.4) is 0 Å². The van der Waals surface area contributed by atoms with E-state index >= 15 is 0 Å². The number of aromatic nitrogens is 5. The molecule has 0 bridgehead atoms. The highest BCUT2D eigenvalue weighted by Gasteiger charge is 2.25. The van der Waals surface area contributed by atoms with Crippen LogP contribution in [-0.4, -0.2) is 47.8 Å². The molecule has 0 amide bonds. The minimum Gasteiger partial charge on any atom is -0.388 e. The number of benzene rings is 1. The second-order valence-electron chi connectivity index (χ2n) is 7.33. The number of aliphatic hydroxyl groups excluding tert-OH is 1. The minimum atomic E-state index is -0.0622. The maximum atomic E-state index is 9.29. The zero-order valence-electron chi connectivity index (χ0n) is 15.7. The SMILES string of the molecule is Cc1ccc2[nH]c(CN3CCC(c4nnc(CO)n4C)CC3)nc2c1C. The third-order valence-electron chi connectivity index (χ3n) is 5.69. The van der Waals surface area contributed by atoms with Gasteiger partial charge in [-0.25, -0.2) is 4.98 Å². The Kier molecular flexibility index (Phi) is 4.50. The van der Waals surface area contributed by atoms with Gasteiger partial charge in [-0.05, 0) is 57.0 Å². The lowest BCUT2D eigenvalue weighted by Gasteiger charge is -2.30. The summed E-state index contributed by atoms with van der Waals surface area (Å²) in [4.78, 5) is 10.7. The Morgan fingerprint density at radius 2 is 1.96 bits per heavy atom. The number of nitrogens with one attached hydrogen (secondary N) is 1. The molecule has 1 aromatic carbocycles. The molecule has 1 aliphatic rings. The molecular weight excluding hydrogens is 328 g/mol. The number of nitrogens with zero attached hydrogens (tertiary/aromatic N) is 5. The van der Waals surface area contributed by atoms with E-state index in [4.69, 9.17) is 4.98 Å². The molecule has 26 heavy (non-hydrogen) atoms. The molecule has 1 aliphatic heterocycles. The first-order valence-electron chi connectivity index (χ1n) is 9.23. The second-order valence-corrected chi connectivity index (χ2v) is 7.33. The number of hydrogen-bond donors (Lipinski definition) is 2. The molecule has 3 aromatic rings. The van der Waals surface area contributed by atoms with E-state index in [9.17, 15) is 5.11 Å². The van der Waals surface area contributed by atoms with Crippen molar-refractivity contribution in [3.05, 3.63) is 40.7 Å². The van der Waals surface area contributed by atoms with Crippen molar-refractivity contribution >= 4 is 11.0 Å². The number of likely N-dealkylation sites (tertiary alicyclic amines) is 1. The third-order valence-corrected chi connectivity index (χ3v) is 5.69. The largest absolute Gasteiger partial charge is 0.388 e. The highest BCUT2D eigenvalue weighted by atomic mass is 16.3. The first-order chi connectivity index (χ1) is 12.6. The molecule has 0 radical (unpaired) electrons. The van der Waals surface area contributed by atoms with E-state index < -0.39 is 0 Å². The Bertz CT molecular complexity index is 920. The van der Waals surface area contributed by atoms with Gasteiger partial charge in [0.25, 0.3) is 0 Å². The quantitative estimate of drug-likeness (QED) is 0.750. The van der Waals surface area contributed by atoms with Crippen molar-refractivity contribution in [2.24, 2.45) is 7.05 Å². The first-order valence-corrected chi connectivity index (χ1v) is 9.23. The van der Waals surface area contributed by atoms with E-state index in [2.05, 4.69) is 46.1 Å². The predicted octanol–water partition coefficient (Wildman–Crippen LogP) is 2.18. The summed E-state index contributed by atoms with van der Waals surface area (Å²) in [6.45, 7) is 7.08. The second kappa shape index (κ2) is 6.81. The van der Waals surface area contributed by atoms with Gasteiger partial charge >= 0.3 is 0 Å². The maximum Gasteiger partial charge on any atom is 0.158 e. The van der Waals surface area contributed by atoms with Gasteiger partial charge in [0.05, 0.1) is 17.6 Å². The zero-order chi connectivity index (χ0) is 18.3. The van der Waals surface area contributed by atoms with Gasteiger partial charge in [-0.3, -0.25) is 4.90 Å². The van der Waals surface area contributed by atoms with Crippen LogP contribution in [0.1, 0.15) is 47.4 Å². The summed E-state index contributed by atoms with van der Waals surface area (Å²) in [6.07, 6.45) is 2.10. The smallest absolute Gasteiger partial charge is 0.158 e. The van der Waals surface area contributed by atoms with Gasteiger partial charge in [-0.2, -0.15) is 0 Å². The summed E-state index contributed by atoms with van der Waals surface area (Å²) >= 11 is 0. The lowest BCUT2D eigenvalue weighted by atomic mass is 9.96. The number of aromatic amines is 1. The lowest BCUT2D eigenvalue weighted by Crippen LogP contribution is -2.33. The predicted molar refractivity (Wildman–Crippen MR) is 99.7 cm³/mol. The van der Waals surface area contributed by atoms with Crippen LogP contribution in [0.2, 0.25) is 0 Å². The number of imidazole rings is 1. The Morgan fingerprint density at radius 1 is 1.19 bits per heavy atom. The van der Waals surface area contributed by atoms with Crippen molar-refractivity contribution in [1.82, 2.24) is 29.6 Å². The average Bonchev–Trinajstić information content (AvgIpc) is 3.22. The fourth-order valence-corrected chi connectivity index (χ4v) is 3.87. The molecule has 0 atom stereocenters. The van der Waals surface area contributed by atoms with Crippen LogP contribution >= 0.6 is 0 Å². The standard InChI is InChI=1S/C19H26N6O/c1-12-4-5-15-18(13(12)2)21-16(20-15)10-25-8-6-14(7-9-25)19-23-22-17(11-26)24(19)3/h4-5,14,26H,6-11H2,1-3H3,(H,20,21). The molecule has 0 saturated carbocycles. The normalized spacial score (nSPS) is 16.6. The van der Waals surface area contributed by atoms with Crippen LogP contribution in [0.5, 0.6) is 0 Å². The molecule has 2 N–H and O–H groups in total. The van der Waals surface area contributed by atoms with E-state index in [0.29, 0.717) is 11.7 Å². The Morgan fingerprint density at radius 3 is 2.65 bits per heavy atom. The van der Waals surface area contributed by atoms with Gasteiger partial charge in [0.15, 0.2) is 5.82 Å². The number of hydrogen-bond acceptors (Lipinski definition) is 5. The summed E-state index contributed by atoms with van der Waals surface area (Å²) in [5.41, 5.74) is 4.74. The molecular formula is C19H26N6O. The molecule has 7 heteroatoms. The fourth-order valence-electron chi connectivity index (χ4n) is 3.87. The molecule has 1 fully saturated rings. The number of rotatable bonds is 4. The molecule has 7 nitrogen and oxygen atoms in total. The van der Waals surface area contributed by atoms with E-state index in [-0.39, 0.29) is 6.61 Å². The maximum absolute atomic E-state index is 9.29. The molecule has 0 aliphatic carbocycles. The van der Waals surface area contributed by atoms with Gasteiger partial charge in [0.1, 0.15) is 18.3 Å². The number of H-pyrrole nitrogens is 1.